The summed E-state index contributed by atoms with van der Waals surface area (Å²) >= 11 is 3.23. The zero-order chi connectivity index (χ0) is 14.1. The summed E-state index contributed by atoms with van der Waals surface area (Å²) in [5, 5.41) is 10.2. The molecule has 1 aliphatic heterocycles. The van der Waals surface area contributed by atoms with E-state index in [-0.39, 0.29) is 24.0 Å². The summed E-state index contributed by atoms with van der Waals surface area (Å²) in [4.78, 5) is 14.5. The third-order valence-corrected chi connectivity index (χ3v) is 5.05. The quantitative estimate of drug-likeness (QED) is 0.898. The minimum atomic E-state index is -0.259. The summed E-state index contributed by atoms with van der Waals surface area (Å²) in [5.74, 6) is 0.568. The van der Waals surface area contributed by atoms with Crippen molar-refractivity contribution in [3.63, 3.8) is 0 Å². The summed E-state index contributed by atoms with van der Waals surface area (Å²) in [7, 11) is 0. The van der Waals surface area contributed by atoms with E-state index >= 15 is 0 Å². The van der Waals surface area contributed by atoms with Crippen LogP contribution in [0, 0.1) is 5.92 Å². The first-order valence-electron chi connectivity index (χ1n) is 7.41. The lowest BCUT2D eigenvalue weighted by Crippen LogP contribution is -2.45. The Bertz CT molecular complexity index is 487. The SMILES string of the molecule is O=C(c1ccc(Br)o1)N1CCC[C@@H]1[C@H]1CCCC[C@H]1O. The number of carbonyl (C=O) groups is 1. The Morgan fingerprint density at radius 1 is 1.25 bits per heavy atom. The van der Waals surface area contributed by atoms with Crippen LogP contribution in [0.2, 0.25) is 0 Å². The molecule has 0 unspecified atom stereocenters. The van der Waals surface area contributed by atoms with Crippen LogP contribution in [-0.2, 0) is 0 Å². The molecule has 4 nitrogen and oxygen atoms in total. The Balaban J connectivity index is 1.76. The summed E-state index contributed by atoms with van der Waals surface area (Å²) in [5.41, 5.74) is 0. The first-order valence-corrected chi connectivity index (χ1v) is 8.20. The lowest BCUT2D eigenvalue weighted by Gasteiger charge is -2.36. The predicted octanol–water partition coefficient (Wildman–Crippen LogP) is 3.20. The first kappa shape index (κ1) is 14.1. The molecule has 20 heavy (non-hydrogen) atoms. The van der Waals surface area contributed by atoms with Crippen molar-refractivity contribution in [1.82, 2.24) is 4.90 Å². The lowest BCUT2D eigenvalue weighted by molar-refractivity contribution is 0.0199. The number of hydrogen-bond donors (Lipinski definition) is 1. The second kappa shape index (κ2) is 5.90. The molecule has 0 radical (unpaired) electrons. The molecule has 1 aromatic heterocycles. The Morgan fingerprint density at radius 3 is 2.75 bits per heavy atom. The summed E-state index contributed by atoms with van der Waals surface area (Å²) in [6.45, 7) is 0.769. The van der Waals surface area contributed by atoms with Gasteiger partial charge in [0.15, 0.2) is 10.4 Å². The van der Waals surface area contributed by atoms with Crippen molar-refractivity contribution < 1.29 is 14.3 Å². The van der Waals surface area contributed by atoms with Crippen molar-refractivity contribution >= 4 is 21.8 Å². The van der Waals surface area contributed by atoms with Gasteiger partial charge in [0.1, 0.15) is 0 Å². The van der Waals surface area contributed by atoms with Crippen LogP contribution in [0.4, 0.5) is 0 Å². The molecule has 1 aliphatic carbocycles. The van der Waals surface area contributed by atoms with Gasteiger partial charge in [-0.3, -0.25) is 4.79 Å². The number of likely N-dealkylation sites (tertiary alicyclic amines) is 1. The van der Waals surface area contributed by atoms with Gasteiger partial charge in [-0.2, -0.15) is 0 Å². The van der Waals surface area contributed by atoms with Crippen LogP contribution < -0.4 is 0 Å². The van der Waals surface area contributed by atoms with Crippen LogP contribution >= 0.6 is 15.9 Å². The number of halogens is 1. The fraction of sp³-hybridized carbons (Fsp3) is 0.667. The summed E-state index contributed by atoms with van der Waals surface area (Å²) < 4.78 is 5.96. The Morgan fingerprint density at radius 2 is 2.05 bits per heavy atom. The number of hydrogen-bond acceptors (Lipinski definition) is 3. The van der Waals surface area contributed by atoms with Gasteiger partial charge in [0.05, 0.1) is 6.10 Å². The molecule has 5 heteroatoms. The summed E-state index contributed by atoms with van der Waals surface area (Å²) in [6.07, 6.45) is 5.91. The van der Waals surface area contributed by atoms with Gasteiger partial charge in [-0.25, -0.2) is 0 Å². The van der Waals surface area contributed by atoms with E-state index in [2.05, 4.69) is 15.9 Å². The molecule has 2 aliphatic rings. The maximum absolute atomic E-state index is 12.5. The number of rotatable bonds is 2. The molecule has 1 amide bonds. The molecule has 1 saturated carbocycles. The maximum atomic E-state index is 12.5. The normalized spacial score (nSPS) is 30.7. The van der Waals surface area contributed by atoms with Crippen LogP contribution in [-0.4, -0.2) is 34.6 Å². The van der Waals surface area contributed by atoms with Crippen molar-refractivity contribution in [3.05, 3.63) is 22.6 Å². The highest BCUT2D eigenvalue weighted by Gasteiger charge is 2.39. The van der Waals surface area contributed by atoms with E-state index < -0.39 is 0 Å². The zero-order valence-corrected chi connectivity index (χ0v) is 13.0. The van der Waals surface area contributed by atoms with Gasteiger partial charge in [0.25, 0.3) is 5.91 Å². The molecule has 2 fully saturated rings. The molecular weight excluding hydrogens is 322 g/mol. The number of aliphatic hydroxyl groups excluding tert-OH is 1. The van der Waals surface area contributed by atoms with Crippen molar-refractivity contribution in [1.29, 1.82) is 0 Å². The molecule has 2 heterocycles. The van der Waals surface area contributed by atoms with Gasteiger partial charge in [-0.05, 0) is 53.7 Å². The third-order valence-electron chi connectivity index (χ3n) is 4.62. The number of aliphatic hydroxyl groups is 1. The minimum Gasteiger partial charge on any atom is -0.444 e. The number of carbonyl (C=O) groups excluding carboxylic acids is 1. The van der Waals surface area contributed by atoms with Crippen LogP contribution in [0.15, 0.2) is 21.2 Å². The topological polar surface area (TPSA) is 53.7 Å². The molecule has 3 rings (SSSR count). The third kappa shape index (κ3) is 2.66. The Kier molecular flexibility index (Phi) is 4.17. The van der Waals surface area contributed by atoms with Gasteiger partial charge in [-0.1, -0.05) is 12.8 Å². The number of amides is 1. The molecule has 1 aromatic rings. The van der Waals surface area contributed by atoms with Crippen molar-refractivity contribution in [2.24, 2.45) is 5.92 Å². The summed E-state index contributed by atoms with van der Waals surface area (Å²) in [6, 6.07) is 3.62. The Labute approximate surface area is 127 Å². The zero-order valence-electron chi connectivity index (χ0n) is 11.4. The molecule has 3 atom stereocenters. The fourth-order valence-electron chi connectivity index (χ4n) is 3.65. The highest BCUT2D eigenvalue weighted by atomic mass is 79.9. The van der Waals surface area contributed by atoms with E-state index in [4.69, 9.17) is 4.42 Å². The maximum Gasteiger partial charge on any atom is 0.289 e. The van der Waals surface area contributed by atoms with Crippen LogP contribution in [0.25, 0.3) is 0 Å². The van der Waals surface area contributed by atoms with Crippen molar-refractivity contribution in [2.75, 3.05) is 6.54 Å². The largest absolute Gasteiger partial charge is 0.444 e. The monoisotopic (exact) mass is 341 g/mol. The van der Waals surface area contributed by atoms with E-state index in [1.165, 1.54) is 0 Å². The van der Waals surface area contributed by atoms with Crippen LogP contribution in [0.1, 0.15) is 49.1 Å². The molecule has 0 aromatic carbocycles. The number of nitrogens with zero attached hydrogens (tertiary/aromatic N) is 1. The van der Waals surface area contributed by atoms with E-state index in [9.17, 15) is 9.90 Å². The predicted molar refractivity (Wildman–Crippen MR) is 78.4 cm³/mol. The molecule has 1 N–H and O–H groups in total. The molecule has 1 saturated heterocycles. The van der Waals surface area contributed by atoms with Crippen LogP contribution in [0.5, 0.6) is 0 Å². The van der Waals surface area contributed by atoms with Crippen LogP contribution in [0.3, 0.4) is 0 Å². The lowest BCUT2D eigenvalue weighted by atomic mass is 9.80. The van der Waals surface area contributed by atoms with Crippen molar-refractivity contribution in [2.45, 2.75) is 50.7 Å². The first-order chi connectivity index (χ1) is 9.66. The average molecular weight is 342 g/mol. The highest BCUT2D eigenvalue weighted by Crippen LogP contribution is 2.35. The van der Waals surface area contributed by atoms with Gasteiger partial charge in [0, 0.05) is 18.5 Å². The van der Waals surface area contributed by atoms with E-state index in [0.29, 0.717) is 10.4 Å². The Hall–Kier alpha value is -0.810. The van der Waals surface area contributed by atoms with E-state index in [1.54, 1.807) is 12.1 Å². The molecule has 0 spiro atoms. The van der Waals surface area contributed by atoms with Crippen molar-refractivity contribution in [3.8, 4) is 0 Å². The standard InChI is InChI=1S/C15H20BrNO3/c16-14-8-7-13(20-14)15(19)17-9-3-5-11(17)10-4-1-2-6-12(10)18/h7-8,10-12,18H,1-6,9H2/t10-,11-,12-/m1/s1. The van der Waals surface area contributed by atoms with Gasteiger partial charge >= 0.3 is 0 Å². The average Bonchev–Trinajstić information content (AvgIpc) is 3.07. The molecule has 110 valence electrons. The van der Waals surface area contributed by atoms with E-state index in [0.717, 1.165) is 45.1 Å². The fourth-order valence-corrected chi connectivity index (χ4v) is 3.96. The van der Waals surface area contributed by atoms with Gasteiger partial charge in [0.2, 0.25) is 0 Å². The van der Waals surface area contributed by atoms with Gasteiger partial charge in [-0.15, -0.1) is 0 Å². The van der Waals surface area contributed by atoms with E-state index in [1.807, 2.05) is 4.90 Å². The molecule has 0 bridgehead atoms. The highest BCUT2D eigenvalue weighted by molar-refractivity contribution is 9.10. The second-order valence-corrected chi connectivity index (χ2v) is 6.61. The molecular formula is C15H20BrNO3. The number of furan rings is 1. The minimum absolute atomic E-state index is 0.0454. The second-order valence-electron chi connectivity index (χ2n) is 5.83. The smallest absolute Gasteiger partial charge is 0.289 e. The van der Waals surface area contributed by atoms with Gasteiger partial charge < -0.3 is 14.4 Å².